The third kappa shape index (κ3) is 3.81. The molecule has 0 atom stereocenters. The number of carbonyl (C=O) groups is 2. The molecule has 0 spiro atoms. The predicted molar refractivity (Wildman–Crippen MR) is 87.1 cm³/mol. The summed E-state index contributed by atoms with van der Waals surface area (Å²) >= 11 is 2.01. The van der Waals surface area contributed by atoms with Gasteiger partial charge < -0.3 is 9.47 Å². The first-order chi connectivity index (χ1) is 10.2. The number of aldehydes is 1. The molecule has 0 amide bonds. The summed E-state index contributed by atoms with van der Waals surface area (Å²) < 4.78 is 11.5. The van der Waals surface area contributed by atoms with Gasteiger partial charge in [0.25, 0.3) is 0 Å². The van der Waals surface area contributed by atoms with Crippen LogP contribution in [-0.4, -0.2) is 18.9 Å². The Hall–Kier alpha value is -1.89. The van der Waals surface area contributed by atoms with E-state index < -0.39 is 5.97 Å². The maximum Gasteiger partial charge on any atom is 0.343 e. The van der Waals surface area contributed by atoms with Crippen LogP contribution < -0.4 is 9.47 Å². The van der Waals surface area contributed by atoms with E-state index >= 15 is 0 Å². The van der Waals surface area contributed by atoms with Gasteiger partial charge in [0.15, 0.2) is 11.5 Å². The normalized spacial score (nSPS) is 10.0. The number of halogens is 1. The second-order valence-electron chi connectivity index (χ2n) is 4.14. The number of esters is 1. The number of hydrogen-bond acceptors (Lipinski definition) is 4. The molecule has 5 heteroatoms. The molecule has 4 nitrogen and oxygen atoms in total. The highest BCUT2D eigenvalue weighted by Crippen LogP contribution is 2.34. The first-order valence-corrected chi connectivity index (χ1v) is 7.42. The van der Waals surface area contributed by atoms with Crippen molar-refractivity contribution in [3.63, 3.8) is 0 Å². The Labute approximate surface area is 136 Å². The molecular weight excluding hydrogens is 383 g/mol. The molecule has 0 aliphatic carbocycles. The van der Waals surface area contributed by atoms with Crippen molar-refractivity contribution in [2.75, 3.05) is 6.61 Å². The lowest BCUT2D eigenvalue weighted by atomic mass is 10.2. The summed E-state index contributed by atoms with van der Waals surface area (Å²) in [5, 5.41) is 0. The summed E-state index contributed by atoms with van der Waals surface area (Å²) in [6, 6.07) is 11.9. The van der Waals surface area contributed by atoms with Crippen LogP contribution in [0.2, 0.25) is 0 Å². The van der Waals surface area contributed by atoms with Crippen molar-refractivity contribution in [1.82, 2.24) is 0 Å². The van der Waals surface area contributed by atoms with E-state index in [1.807, 2.05) is 35.6 Å². The third-order valence-corrected chi connectivity index (χ3v) is 3.47. The molecule has 0 radical (unpaired) electrons. The van der Waals surface area contributed by atoms with Gasteiger partial charge in [-0.05, 0) is 53.8 Å². The molecule has 0 heterocycles. The molecule has 0 aliphatic heterocycles. The van der Waals surface area contributed by atoms with Crippen LogP contribution in [0, 0.1) is 3.57 Å². The Morgan fingerprint density at radius 1 is 1.24 bits per heavy atom. The number of hydrogen-bond donors (Lipinski definition) is 0. The van der Waals surface area contributed by atoms with Gasteiger partial charge in [-0.15, -0.1) is 0 Å². The van der Waals surface area contributed by atoms with Gasteiger partial charge in [-0.1, -0.05) is 18.2 Å². The molecule has 21 heavy (non-hydrogen) atoms. The average Bonchev–Trinajstić information content (AvgIpc) is 2.51. The lowest BCUT2D eigenvalue weighted by Crippen LogP contribution is -2.11. The molecule has 2 rings (SSSR count). The van der Waals surface area contributed by atoms with Gasteiger partial charge in [-0.25, -0.2) is 4.79 Å². The summed E-state index contributed by atoms with van der Waals surface area (Å²) in [7, 11) is 0. The van der Waals surface area contributed by atoms with Gasteiger partial charge in [0.2, 0.25) is 0 Å². The molecular formula is C16H13IO4. The minimum Gasteiger partial charge on any atom is -0.490 e. The molecule has 0 unspecified atom stereocenters. The summed E-state index contributed by atoms with van der Waals surface area (Å²) in [4.78, 5) is 23.0. The Bertz CT molecular complexity index is 653. The minimum atomic E-state index is -0.465. The van der Waals surface area contributed by atoms with Crippen molar-refractivity contribution in [1.29, 1.82) is 0 Å². The second kappa shape index (κ2) is 7.21. The zero-order chi connectivity index (χ0) is 15.2. The molecule has 2 aromatic carbocycles. The number of ether oxygens (including phenoxy) is 2. The smallest absolute Gasteiger partial charge is 0.343 e. The van der Waals surface area contributed by atoms with E-state index in [2.05, 4.69) is 0 Å². The van der Waals surface area contributed by atoms with Crippen LogP contribution in [-0.2, 0) is 0 Å². The molecule has 0 saturated heterocycles. The third-order valence-electron chi connectivity index (χ3n) is 2.67. The average molecular weight is 396 g/mol. The van der Waals surface area contributed by atoms with E-state index in [1.54, 1.807) is 36.4 Å². The Kier molecular flexibility index (Phi) is 5.32. The van der Waals surface area contributed by atoms with Crippen LogP contribution in [0.15, 0.2) is 42.5 Å². The van der Waals surface area contributed by atoms with Gasteiger partial charge in [0, 0.05) is 5.56 Å². The molecule has 2 aromatic rings. The highest BCUT2D eigenvalue weighted by atomic mass is 127. The highest BCUT2D eigenvalue weighted by molar-refractivity contribution is 14.1. The standard InChI is InChI=1S/C16H13IO4/c1-2-20-14-9-11(10-18)8-13(17)15(14)21-16(19)12-6-4-3-5-7-12/h3-10H,2H2,1H3. The molecule has 0 bridgehead atoms. The number of benzene rings is 2. The van der Waals surface area contributed by atoms with Crippen molar-refractivity contribution in [2.45, 2.75) is 6.92 Å². The molecule has 0 aromatic heterocycles. The van der Waals surface area contributed by atoms with Crippen molar-refractivity contribution >= 4 is 34.8 Å². The zero-order valence-electron chi connectivity index (χ0n) is 11.3. The zero-order valence-corrected chi connectivity index (χ0v) is 13.5. The van der Waals surface area contributed by atoms with Gasteiger partial charge in [-0.2, -0.15) is 0 Å². The predicted octanol–water partition coefficient (Wildman–Crippen LogP) is 3.72. The topological polar surface area (TPSA) is 52.6 Å². The molecule has 0 aliphatic rings. The number of rotatable bonds is 5. The lowest BCUT2D eigenvalue weighted by molar-refractivity contribution is 0.0727. The first kappa shape index (κ1) is 15.5. The second-order valence-corrected chi connectivity index (χ2v) is 5.30. The van der Waals surface area contributed by atoms with Crippen molar-refractivity contribution in [2.24, 2.45) is 0 Å². The van der Waals surface area contributed by atoms with E-state index in [0.717, 1.165) is 6.29 Å². The Morgan fingerprint density at radius 3 is 2.57 bits per heavy atom. The van der Waals surface area contributed by atoms with E-state index in [4.69, 9.17) is 9.47 Å². The van der Waals surface area contributed by atoms with Crippen LogP contribution in [0.4, 0.5) is 0 Å². The van der Waals surface area contributed by atoms with Gasteiger partial charge in [0.1, 0.15) is 6.29 Å². The van der Waals surface area contributed by atoms with Gasteiger partial charge in [0.05, 0.1) is 15.7 Å². The minimum absolute atomic E-state index is 0.330. The first-order valence-electron chi connectivity index (χ1n) is 6.34. The fraction of sp³-hybridized carbons (Fsp3) is 0.125. The maximum absolute atomic E-state index is 12.1. The van der Waals surface area contributed by atoms with Gasteiger partial charge >= 0.3 is 5.97 Å². The van der Waals surface area contributed by atoms with Crippen molar-refractivity contribution in [3.8, 4) is 11.5 Å². The van der Waals surface area contributed by atoms with Crippen LogP contribution in [0.5, 0.6) is 11.5 Å². The molecule has 108 valence electrons. The molecule has 0 N–H and O–H groups in total. The van der Waals surface area contributed by atoms with Crippen LogP contribution >= 0.6 is 22.6 Å². The summed E-state index contributed by atoms with van der Waals surface area (Å²) in [6.45, 7) is 2.23. The summed E-state index contributed by atoms with van der Waals surface area (Å²) in [5.41, 5.74) is 0.928. The van der Waals surface area contributed by atoms with Crippen LogP contribution in [0.25, 0.3) is 0 Å². The quantitative estimate of drug-likeness (QED) is 0.335. The maximum atomic E-state index is 12.1. The van der Waals surface area contributed by atoms with Crippen molar-refractivity contribution < 1.29 is 19.1 Å². The summed E-state index contributed by atoms with van der Waals surface area (Å²) in [6.07, 6.45) is 0.730. The Balaban J connectivity index is 2.34. The Morgan fingerprint density at radius 2 is 1.95 bits per heavy atom. The van der Waals surface area contributed by atoms with Gasteiger partial charge in [-0.3, -0.25) is 4.79 Å². The van der Waals surface area contributed by atoms with Crippen molar-refractivity contribution in [3.05, 3.63) is 57.2 Å². The van der Waals surface area contributed by atoms with E-state index in [9.17, 15) is 9.59 Å². The SMILES string of the molecule is CCOc1cc(C=O)cc(I)c1OC(=O)c1ccccc1. The molecule has 0 fully saturated rings. The fourth-order valence-electron chi connectivity index (χ4n) is 1.74. The monoisotopic (exact) mass is 396 g/mol. The summed E-state index contributed by atoms with van der Waals surface area (Å²) in [5.74, 6) is 0.251. The lowest BCUT2D eigenvalue weighted by Gasteiger charge is -2.13. The van der Waals surface area contributed by atoms with E-state index in [1.165, 1.54) is 0 Å². The van der Waals surface area contributed by atoms with Crippen LogP contribution in [0.3, 0.4) is 0 Å². The molecule has 0 saturated carbocycles. The number of carbonyl (C=O) groups excluding carboxylic acids is 2. The largest absolute Gasteiger partial charge is 0.490 e. The fourth-order valence-corrected chi connectivity index (χ4v) is 2.48. The van der Waals surface area contributed by atoms with E-state index in [-0.39, 0.29) is 0 Å². The highest BCUT2D eigenvalue weighted by Gasteiger charge is 2.17. The van der Waals surface area contributed by atoms with E-state index in [0.29, 0.717) is 32.8 Å². The van der Waals surface area contributed by atoms with Crippen LogP contribution in [0.1, 0.15) is 27.6 Å².